The zero-order valence-corrected chi connectivity index (χ0v) is 27.2. The standard InChI is InChI=1S/C40H36N6/c1-7-27-21(5)33-15-39-31-13-23-11-25(19-41)26(20-42)12-24(23)14-32(31)40(46-39)16-34-22(6)28(8-2)36(44-34)18-38-30(10-4)29(9-3)37(45-38)17-35(27)43-33/h11-18,43,45H,7-10H2,1-6H3. The molecule has 3 aromatic heterocycles. The number of hydrogen-bond acceptors (Lipinski definition) is 4. The van der Waals surface area contributed by atoms with Crippen LogP contribution in [0.25, 0.3) is 66.5 Å². The predicted molar refractivity (Wildman–Crippen MR) is 188 cm³/mol. The van der Waals surface area contributed by atoms with Crippen LogP contribution in [-0.4, -0.2) is 19.9 Å². The van der Waals surface area contributed by atoms with E-state index in [4.69, 9.17) is 9.97 Å². The molecule has 0 radical (unpaired) electrons. The second-order valence-electron chi connectivity index (χ2n) is 12.2. The molecular weight excluding hydrogens is 564 g/mol. The highest BCUT2D eigenvalue weighted by Gasteiger charge is 2.22. The fourth-order valence-corrected chi connectivity index (χ4v) is 7.39. The highest BCUT2D eigenvalue weighted by atomic mass is 14.8. The molecule has 0 amide bonds. The summed E-state index contributed by atoms with van der Waals surface area (Å²) in [5.41, 5.74) is 18.3. The van der Waals surface area contributed by atoms with Crippen LogP contribution in [0.15, 0.2) is 48.5 Å². The van der Waals surface area contributed by atoms with Crippen LogP contribution in [0.1, 0.15) is 85.8 Å². The van der Waals surface area contributed by atoms with Gasteiger partial charge in [-0.25, -0.2) is 9.97 Å². The largest absolute Gasteiger partial charge is 0.355 e. The molecule has 2 aliphatic rings. The Bertz CT molecular complexity index is 2400. The van der Waals surface area contributed by atoms with Gasteiger partial charge < -0.3 is 9.97 Å². The zero-order valence-electron chi connectivity index (χ0n) is 27.2. The first-order valence-electron chi connectivity index (χ1n) is 16.2. The van der Waals surface area contributed by atoms with Crippen molar-refractivity contribution < 1.29 is 0 Å². The molecule has 0 fully saturated rings. The molecule has 8 bridgehead atoms. The summed E-state index contributed by atoms with van der Waals surface area (Å²) in [6, 6.07) is 21.0. The number of aromatic nitrogens is 4. The van der Waals surface area contributed by atoms with Crippen molar-refractivity contribution in [3.63, 3.8) is 0 Å². The van der Waals surface area contributed by atoms with Crippen molar-refractivity contribution in [2.24, 2.45) is 0 Å². The van der Waals surface area contributed by atoms with Gasteiger partial charge in [-0.1, -0.05) is 27.7 Å². The molecule has 2 aliphatic heterocycles. The monoisotopic (exact) mass is 600 g/mol. The molecule has 226 valence electrons. The van der Waals surface area contributed by atoms with E-state index in [0.717, 1.165) is 98.0 Å². The van der Waals surface area contributed by atoms with Gasteiger partial charge >= 0.3 is 0 Å². The normalized spacial score (nSPS) is 12.3. The van der Waals surface area contributed by atoms with Crippen LogP contribution in [-0.2, 0) is 19.3 Å². The summed E-state index contributed by atoms with van der Waals surface area (Å²) >= 11 is 0. The summed E-state index contributed by atoms with van der Waals surface area (Å²) in [7, 11) is 0. The van der Waals surface area contributed by atoms with Gasteiger partial charge in [-0.15, -0.1) is 0 Å². The molecule has 0 unspecified atom stereocenters. The smallest absolute Gasteiger partial charge is 0.101 e. The first-order valence-corrected chi connectivity index (χ1v) is 16.2. The Kier molecular flexibility index (Phi) is 7.10. The lowest BCUT2D eigenvalue weighted by Crippen LogP contribution is -1.87. The van der Waals surface area contributed by atoms with Gasteiger partial charge in [0.2, 0.25) is 0 Å². The highest BCUT2D eigenvalue weighted by Crippen LogP contribution is 2.41. The second kappa shape index (κ2) is 11.2. The van der Waals surface area contributed by atoms with E-state index in [9.17, 15) is 10.5 Å². The molecule has 5 heterocycles. The average Bonchev–Trinajstić information content (AvgIpc) is 3.75. The van der Waals surface area contributed by atoms with Crippen LogP contribution >= 0.6 is 0 Å². The highest BCUT2D eigenvalue weighted by molar-refractivity contribution is 6.00. The molecule has 6 nitrogen and oxygen atoms in total. The van der Waals surface area contributed by atoms with Crippen LogP contribution in [0.2, 0.25) is 0 Å². The van der Waals surface area contributed by atoms with Gasteiger partial charge in [0.1, 0.15) is 12.1 Å². The Labute approximate surface area is 269 Å². The number of aryl methyl sites for hydroxylation is 4. The third-order valence-corrected chi connectivity index (χ3v) is 9.81. The van der Waals surface area contributed by atoms with E-state index in [1.165, 1.54) is 27.8 Å². The van der Waals surface area contributed by atoms with Gasteiger partial charge in [-0.2, -0.15) is 10.5 Å². The number of nitrogens with zero attached hydrogens (tertiary/aromatic N) is 4. The van der Waals surface area contributed by atoms with E-state index in [1.807, 2.05) is 12.1 Å². The lowest BCUT2D eigenvalue weighted by atomic mass is 9.95. The van der Waals surface area contributed by atoms with Gasteiger partial charge in [0.05, 0.1) is 33.9 Å². The number of nitrogens with one attached hydrogen (secondary N) is 2. The van der Waals surface area contributed by atoms with Crippen molar-refractivity contribution in [1.82, 2.24) is 19.9 Å². The fourth-order valence-electron chi connectivity index (χ4n) is 7.39. The zero-order chi connectivity index (χ0) is 32.3. The predicted octanol–water partition coefficient (Wildman–Crippen LogP) is 9.88. The summed E-state index contributed by atoms with van der Waals surface area (Å²) in [5, 5.41) is 21.2. The Morgan fingerprint density at radius 3 is 1.61 bits per heavy atom. The van der Waals surface area contributed by atoms with Crippen LogP contribution in [0.5, 0.6) is 0 Å². The number of fused-ring (bicyclic) bond motifs is 12. The fraction of sp³-hybridized carbons (Fsp3) is 0.250. The Morgan fingerprint density at radius 1 is 0.543 bits per heavy atom. The average molecular weight is 601 g/mol. The van der Waals surface area contributed by atoms with Crippen LogP contribution in [0, 0.1) is 29.6 Å². The molecular formula is C40H36N6. The van der Waals surface area contributed by atoms with Gasteiger partial charge in [0.15, 0.2) is 0 Å². The number of hydrogen-bond donors (Lipinski definition) is 2. The maximum absolute atomic E-state index is 9.71. The van der Waals surface area contributed by atoms with E-state index in [1.54, 1.807) is 0 Å². The molecule has 5 aromatic rings. The van der Waals surface area contributed by atoms with Gasteiger partial charge in [0, 0.05) is 33.2 Å². The number of H-pyrrole nitrogens is 2. The Balaban J connectivity index is 1.65. The molecule has 2 N–H and O–H groups in total. The van der Waals surface area contributed by atoms with Crippen LogP contribution in [0.4, 0.5) is 0 Å². The molecule has 0 saturated heterocycles. The van der Waals surface area contributed by atoms with Crippen LogP contribution in [0.3, 0.4) is 0 Å². The van der Waals surface area contributed by atoms with Crippen molar-refractivity contribution in [1.29, 1.82) is 10.5 Å². The topological polar surface area (TPSA) is 105 Å². The summed E-state index contributed by atoms with van der Waals surface area (Å²) in [5.74, 6) is 0. The second-order valence-corrected chi connectivity index (χ2v) is 12.2. The quantitative estimate of drug-likeness (QED) is 0.210. The molecule has 0 spiro atoms. The molecule has 0 saturated carbocycles. The molecule has 7 rings (SSSR count). The van der Waals surface area contributed by atoms with E-state index in [2.05, 4.69) is 100 Å². The van der Waals surface area contributed by atoms with Crippen molar-refractivity contribution in [3.8, 4) is 34.7 Å². The van der Waals surface area contributed by atoms with E-state index < -0.39 is 0 Å². The summed E-state index contributed by atoms with van der Waals surface area (Å²) < 4.78 is 0. The maximum atomic E-state index is 9.71. The summed E-state index contributed by atoms with van der Waals surface area (Å²) in [6.07, 6.45) is 3.66. The number of allylic oxidation sites excluding steroid dienone is 2. The van der Waals surface area contributed by atoms with Gasteiger partial charge in [-0.3, -0.25) is 0 Å². The third kappa shape index (κ3) is 4.44. The van der Waals surface area contributed by atoms with Gasteiger partial charge in [0.25, 0.3) is 0 Å². The van der Waals surface area contributed by atoms with Crippen LogP contribution < -0.4 is 0 Å². The minimum absolute atomic E-state index is 0.376. The lowest BCUT2D eigenvalue weighted by Gasteiger charge is -2.06. The minimum Gasteiger partial charge on any atom is -0.355 e. The molecule has 2 aromatic carbocycles. The van der Waals surface area contributed by atoms with Crippen molar-refractivity contribution in [2.75, 3.05) is 0 Å². The minimum atomic E-state index is 0.376. The maximum Gasteiger partial charge on any atom is 0.101 e. The van der Waals surface area contributed by atoms with Crippen molar-refractivity contribution in [3.05, 3.63) is 93.3 Å². The number of nitriles is 2. The third-order valence-electron chi connectivity index (χ3n) is 9.81. The van der Waals surface area contributed by atoms with Crippen molar-refractivity contribution in [2.45, 2.75) is 67.2 Å². The number of aromatic amines is 2. The molecule has 6 heteroatoms. The van der Waals surface area contributed by atoms with Crippen molar-refractivity contribution >= 4 is 44.0 Å². The Morgan fingerprint density at radius 2 is 1.04 bits per heavy atom. The molecule has 46 heavy (non-hydrogen) atoms. The first-order chi connectivity index (χ1) is 22.3. The number of benzene rings is 2. The lowest BCUT2D eigenvalue weighted by molar-refractivity contribution is 1.07. The van der Waals surface area contributed by atoms with E-state index in [0.29, 0.717) is 11.1 Å². The SMILES string of the molecule is CCC1=C(C)c2cc3nc(cc4[nH]c(cc5[nH]c(cc1n2)c(CC)c5CC)c(CC)c4C)-c1cc2cc(C#N)c(C#N)cc2cc1-3. The van der Waals surface area contributed by atoms with Gasteiger partial charge in [-0.05, 0) is 132 Å². The molecule has 0 atom stereocenters. The van der Waals surface area contributed by atoms with E-state index in [-0.39, 0.29) is 0 Å². The summed E-state index contributed by atoms with van der Waals surface area (Å²) in [4.78, 5) is 18.0. The van der Waals surface area contributed by atoms with E-state index >= 15 is 0 Å². The first kappa shape index (κ1) is 29.3. The molecule has 0 aliphatic carbocycles. The number of rotatable bonds is 4. The Hall–Kier alpha value is -5.46. The summed E-state index contributed by atoms with van der Waals surface area (Å²) in [6.45, 7) is 13.2.